The zero-order valence-electron chi connectivity index (χ0n) is 11.0. The van der Waals surface area contributed by atoms with Crippen molar-refractivity contribution in [2.75, 3.05) is 0 Å². The van der Waals surface area contributed by atoms with E-state index in [-0.39, 0.29) is 16.9 Å². The van der Waals surface area contributed by atoms with Crippen molar-refractivity contribution in [3.8, 4) is 0 Å². The Bertz CT molecular complexity index is 403. The lowest BCUT2D eigenvalue weighted by Gasteiger charge is -2.22. The van der Waals surface area contributed by atoms with E-state index in [2.05, 4.69) is 19.2 Å². The van der Waals surface area contributed by atoms with Gasteiger partial charge in [-0.1, -0.05) is 37.4 Å². The summed E-state index contributed by atoms with van der Waals surface area (Å²) in [6.45, 7) is 4.29. The zero-order chi connectivity index (χ0) is 13.1. The van der Waals surface area contributed by atoms with Gasteiger partial charge in [-0.25, -0.2) is 4.39 Å². The van der Waals surface area contributed by atoms with Crippen molar-refractivity contribution in [3.63, 3.8) is 0 Å². The SMILES string of the molecule is CCC(CC1CC1)NC(C)c1ccc(Cl)c(F)c1. The lowest BCUT2D eigenvalue weighted by molar-refractivity contribution is 0.403. The van der Waals surface area contributed by atoms with Crippen molar-refractivity contribution >= 4 is 11.6 Å². The predicted octanol–water partition coefficient (Wildman–Crippen LogP) is 4.71. The van der Waals surface area contributed by atoms with E-state index in [1.807, 2.05) is 6.07 Å². The molecule has 1 aliphatic carbocycles. The van der Waals surface area contributed by atoms with Gasteiger partial charge in [0, 0.05) is 12.1 Å². The van der Waals surface area contributed by atoms with Gasteiger partial charge in [0.1, 0.15) is 5.82 Å². The maximum Gasteiger partial charge on any atom is 0.142 e. The van der Waals surface area contributed by atoms with E-state index < -0.39 is 0 Å². The standard InChI is InChI=1S/C15H21ClFN/c1-3-13(8-11-4-5-11)18-10(2)12-6-7-14(16)15(17)9-12/h6-7,9-11,13,18H,3-5,8H2,1-2H3. The fourth-order valence-electron chi connectivity index (χ4n) is 2.34. The van der Waals surface area contributed by atoms with E-state index in [4.69, 9.17) is 11.6 Å². The molecule has 0 spiro atoms. The first-order valence-corrected chi connectivity index (χ1v) is 7.19. The van der Waals surface area contributed by atoms with Crippen molar-refractivity contribution in [2.45, 2.75) is 51.6 Å². The molecule has 3 heteroatoms. The minimum Gasteiger partial charge on any atom is -0.307 e. The third-order valence-electron chi connectivity index (χ3n) is 3.74. The zero-order valence-corrected chi connectivity index (χ0v) is 11.8. The van der Waals surface area contributed by atoms with Crippen LogP contribution in [0.5, 0.6) is 0 Å². The highest BCUT2D eigenvalue weighted by atomic mass is 35.5. The molecule has 1 aliphatic rings. The first kappa shape index (κ1) is 13.8. The number of halogens is 2. The number of nitrogens with one attached hydrogen (secondary N) is 1. The lowest BCUT2D eigenvalue weighted by atomic mass is 10.0. The van der Waals surface area contributed by atoms with Crippen LogP contribution in [0.15, 0.2) is 18.2 Å². The minimum atomic E-state index is -0.335. The Morgan fingerprint density at radius 1 is 1.44 bits per heavy atom. The van der Waals surface area contributed by atoms with E-state index in [0.29, 0.717) is 6.04 Å². The van der Waals surface area contributed by atoms with Crippen LogP contribution in [0.1, 0.15) is 51.1 Å². The summed E-state index contributed by atoms with van der Waals surface area (Å²) in [5, 5.41) is 3.78. The Hall–Kier alpha value is -0.600. The summed E-state index contributed by atoms with van der Waals surface area (Å²) in [5.41, 5.74) is 0.964. The van der Waals surface area contributed by atoms with E-state index in [9.17, 15) is 4.39 Å². The smallest absolute Gasteiger partial charge is 0.142 e. The number of hydrogen-bond acceptors (Lipinski definition) is 1. The molecule has 2 unspecified atom stereocenters. The largest absolute Gasteiger partial charge is 0.307 e. The third kappa shape index (κ3) is 3.69. The van der Waals surface area contributed by atoms with E-state index >= 15 is 0 Å². The van der Waals surface area contributed by atoms with Crippen LogP contribution < -0.4 is 5.32 Å². The van der Waals surface area contributed by atoms with E-state index in [0.717, 1.165) is 17.9 Å². The molecule has 0 bridgehead atoms. The summed E-state index contributed by atoms with van der Waals surface area (Å²) in [5.74, 6) is 0.578. The van der Waals surface area contributed by atoms with Gasteiger partial charge < -0.3 is 5.32 Å². The molecule has 2 rings (SSSR count). The first-order chi connectivity index (χ1) is 8.60. The second kappa shape index (κ2) is 6.03. The number of rotatable bonds is 6. The minimum absolute atomic E-state index is 0.167. The monoisotopic (exact) mass is 269 g/mol. The normalized spacial score (nSPS) is 18.7. The third-order valence-corrected chi connectivity index (χ3v) is 4.04. The van der Waals surface area contributed by atoms with Crippen molar-refractivity contribution in [3.05, 3.63) is 34.6 Å². The molecule has 18 heavy (non-hydrogen) atoms. The van der Waals surface area contributed by atoms with Gasteiger partial charge >= 0.3 is 0 Å². The molecular formula is C15H21ClFN. The number of benzene rings is 1. The van der Waals surface area contributed by atoms with Gasteiger partial charge in [0.25, 0.3) is 0 Å². The van der Waals surface area contributed by atoms with Crippen LogP contribution in [0.2, 0.25) is 5.02 Å². The summed E-state index contributed by atoms with van der Waals surface area (Å²) in [6, 6.07) is 5.76. The molecule has 2 atom stereocenters. The van der Waals surface area contributed by atoms with Gasteiger partial charge in [0.15, 0.2) is 0 Å². The van der Waals surface area contributed by atoms with E-state index in [1.165, 1.54) is 25.3 Å². The summed E-state index contributed by atoms with van der Waals surface area (Å²) >= 11 is 5.70. The Morgan fingerprint density at radius 2 is 2.17 bits per heavy atom. The summed E-state index contributed by atoms with van der Waals surface area (Å²) < 4.78 is 13.4. The Kier molecular flexibility index (Phi) is 4.63. The van der Waals surface area contributed by atoms with Gasteiger partial charge in [0.2, 0.25) is 0 Å². The van der Waals surface area contributed by atoms with Gasteiger partial charge in [-0.2, -0.15) is 0 Å². The molecule has 0 saturated heterocycles. The van der Waals surface area contributed by atoms with Crippen LogP contribution in [-0.4, -0.2) is 6.04 Å². The van der Waals surface area contributed by atoms with Crippen LogP contribution in [0.3, 0.4) is 0 Å². The van der Waals surface area contributed by atoms with Crippen molar-refractivity contribution in [1.29, 1.82) is 0 Å². The Morgan fingerprint density at radius 3 is 2.72 bits per heavy atom. The highest BCUT2D eigenvalue weighted by Crippen LogP contribution is 2.34. The average molecular weight is 270 g/mol. The van der Waals surface area contributed by atoms with Gasteiger partial charge in [-0.3, -0.25) is 0 Å². The average Bonchev–Trinajstić information content (AvgIpc) is 3.15. The van der Waals surface area contributed by atoms with E-state index in [1.54, 1.807) is 6.07 Å². The topological polar surface area (TPSA) is 12.0 Å². The molecule has 100 valence electrons. The van der Waals surface area contributed by atoms with Crippen molar-refractivity contribution < 1.29 is 4.39 Å². The molecule has 0 radical (unpaired) electrons. The van der Waals surface area contributed by atoms with Gasteiger partial charge in [-0.05, 0) is 43.4 Å². The molecule has 0 heterocycles. The molecule has 0 aliphatic heterocycles. The molecule has 1 N–H and O–H groups in total. The van der Waals surface area contributed by atoms with Crippen molar-refractivity contribution in [2.24, 2.45) is 5.92 Å². The van der Waals surface area contributed by atoms with Crippen LogP contribution >= 0.6 is 11.6 Å². The molecule has 0 aromatic heterocycles. The quantitative estimate of drug-likeness (QED) is 0.789. The molecule has 1 nitrogen and oxygen atoms in total. The fraction of sp³-hybridized carbons (Fsp3) is 0.600. The molecule has 0 amide bonds. The number of hydrogen-bond donors (Lipinski definition) is 1. The highest BCUT2D eigenvalue weighted by molar-refractivity contribution is 6.30. The molecule has 1 fully saturated rings. The van der Waals surface area contributed by atoms with Gasteiger partial charge in [0.05, 0.1) is 5.02 Å². The van der Waals surface area contributed by atoms with Crippen LogP contribution in [0.4, 0.5) is 4.39 Å². The maximum atomic E-state index is 13.4. The molecule has 1 aromatic rings. The summed E-state index contributed by atoms with van der Waals surface area (Å²) in [4.78, 5) is 0. The Labute approximate surface area is 114 Å². The predicted molar refractivity (Wildman–Crippen MR) is 74.4 cm³/mol. The molecule has 1 aromatic carbocycles. The molecular weight excluding hydrogens is 249 g/mol. The maximum absolute atomic E-state index is 13.4. The highest BCUT2D eigenvalue weighted by Gasteiger charge is 2.25. The van der Waals surface area contributed by atoms with Gasteiger partial charge in [-0.15, -0.1) is 0 Å². The van der Waals surface area contributed by atoms with Crippen molar-refractivity contribution in [1.82, 2.24) is 5.32 Å². The fourth-order valence-corrected chi connectivity index (χ4v) is 2.46. The second-order valence-corrected chi connectivity index (χ2v) is 5.75. The summed E-state index contributed by atoms with van der Waals surface area (Å²) in [6.07, 6.45) is 5.12. The second-order valence-electron chi connectivity index (χ2n) is 5.35. The Balaban J connectivity index is 1.96. The molecule has 1 saturated carbocycles. The summed E-state index contributed by atoms with van der Waals surface area (Å²) in [7, 11) is 0. The lowest BCUT2D eigenvalue weighted by Crippen LogP contribution is -2.31. The van der Waals surface area contributed by atoms with Crippen LogP contribution in [-0.2, 0) is 0 Å². The van der Waals surface area contributed by atoms with Crippen LogP contribution in [0.25, 0.3) is 0 Å². The van der Waals surface area contributed by atoms with Crippen LogP contribution in [0, 0.1) is 11.7 Å². The first-order valence-electron chi connectivity index (χ1n) is 6.81.